The molecule has 0 aliphatic carbocycles. The summed E-state index contributed by atoms with van der Waals surface area (Å²) >= 11 is 0. The van der Waals surface area contributed by atoms with Gasteiger partial charge in [0.2, 0.25) is 6.41 Å². The Morgan fingerprint density at radius 1 is 1.10 bits per heavy atom. The molecule has 0 atom stereocenters. The first-order valence-corrected chi connectivity index (χ1v) is 6.16. The van der Waals surface area contributed by atoms with Gasteiger partial charge in [0.1, 0.15) is 0 Å². The molecule has 2 aromatic carbocycles. The fourth-order valence-electron chi connectivity index (χ4n) is 1.83. The van der Waals surface area contributed by atoms with E-state index in [0.717, 1.165) is 10.5 Å². The van der Waals surface area contributed by atoms with Crippen LogP contribution in [0.1, 0.15) is 15.9 Å². The number of hydrogen-bond acceptors (Lipinski definition) is 4. The lowest BCUT2D eigenvalue weighted by atomic mass is 10.1. The lowest BCUT2D eigenvalue weighted by molar-refractivity contribution is -0.384. The summed E-state index contributed by atoms with van der Waals surface area (Å²) in [6, 6.07) is 14.2. The van der Waals surface area contributed by atoms with Gasteiger partial charge in [0.15, 0.2) is 0 Å². The van der Waals surface area contributed by atoms with Crippen LogP contribution < -0.4 is 0 Å². The lowest BCUT2D eigenvalue weighted by Crippen LogP contribution is -2.29. The zero-order valence-corrected chi connectivity index (χ0v) is 11.0. The van der Waals surface area contributed by atoms with Crippen molar-refractivity contribution in [1.82, 2.24) is 4.90 Å². The van der Waals surface area contributed by atoms with Crippen LogP contribution in [0.15, 0.2) is 54.6 Å². The lowest BCUT2D eigenvalue weighted by Gasteiger charge is -2.15. The maximum atomic E-state index is 12.2. The third kappa shape index (κ3) is 3.50. The van der Waals surface area contributed by atoms with E-state index >= 15 is 0 Å². The molecule has 2 aromatic rings. The molecule has 2 amide bonds. The number of non-ortho nitro benzene ring substituents is 1. The van der Waals surface area contributed by atoms with Gasteiger partial charge in [-0.3, -0.25) is 24.6 Å². The van der Waals surface area contributed by atoms with Crippen LogP contribution in [0.5, 0.6) is 0 Å². The number of carbonyl (C=O) groups is 2. The molecule has 6 heteroatoms. The molecule has 21 heavy (non-hydrogen) atoms. The molecule has 0 fully saturated rings. The molecule has 0 bridgehead atoms. The van der Waals surface area contributed by atoms with Crippen molar-refractivity contribution >= 4 is 18.0 Å². The molecule has 0 unspecified atom stereocenters. The van der Waals surface area contributed by atoms with E-state index in [9.17, 15) is 19.7 Å². The average molecular weight is 284 g/mol. The summed E-state index contributed by atoms with van der Waals surface area (Å²) in [7, 11) is 0. The number of amides is 2. The average Bonchev–Trinajstić information content (AvgIpc) is 2.53. The second kappa shape index (κ2) is 6.42. The van der Waals surface area contributed by atoms with Crippen LogP contribution in [0.4, 0.5) is 5.69 Å². The van der Waals surface area contributed by atoms with Crippen LogP contribution >= 0.6 is 0 Å². The maximum absolute atomic E-state index is 12.2. The largest absolute Gasteiger partial charge is 0.278 e. The number of rotatable bonds is 5. The van der Waals surface area contributed by atoms with Crippen molar-refractivity contribution in [2.75, 3.05) is 0 Å². The molecule has 0 aliphatic heterocycles. The molecule has 0 radical (unpaired) electrons. The molecule has 0 saturated carbocycles. The highest BCUT2D eigenvalue weighted by Crippen LogP contribution is 2.14. The SMILES string of the molecule is O=CN(Cc1ccccc1)C(=O)c1ccc([N+](=O)[O-])cc1. The van der Waals surface area contributed by atoms with Crippen molar-refractivity contribution in [2.24, 2.45) is 0 Å². The first-order chi connectivity index (χ1) is 10.1. The summed E-state index contributed by atoms with van der Waals surface area (Å²) in [6.07, 6.45) is 0.455. The monoisotopic (exact) mass is 284 g/mol. The molecule has 0 aromatic heterocycles. The van der Waals surface area contributed by atoms with Gasteiger partial charge in [0.05, 0.1) is 11.5 Å². The summed E-state index contributed by atoms with van der Waals surface area (Å²) in [4.78, 5) is 34.3. The van der Waals surface area contributed by atoms with Gasteiger partial charge in [-0.25, -0.2) is 0 Å². The van der Waals surface area contributed by atoms with E-state index in [2.05, 4.69) is 0 Å². The summed E-state index contributed by atoms with van der Waals surface area (Å²) in [5.74, 6) is -0.497. The Morgan fingerprint density at radius 3 is 2.24 bits per heavy atom. The fraction of sp³-hybridized carbons (Fsp3) is 0.0667. The molecule has 106 valence electrons. The molecule has 0 spiro atoms. The number of hydrogen-bond donors (Lipinski definition) is 0. The van der Waals surface area contributed by atoms with E-state index in [4.69, 9.17) is 0 Å². The van der Waals surface area contributed by atoms with E-state index in [1.54, 1.807) is 12.1 Å². The third-order valence-corrected chi connectivity index (χ3v) is 2.91. The minimum absolute atomic E-state index is 0.104. The number of benzene rings is 2. The van der Waals surface area contributed by atoms with Gasteiger partial charge in [0.25, 0.3) is 11.6 Å². The molecular formula is C15H12N2O4. The molecule has 6 nitrogen and oxygen atoms in total. The van der Waals surface area contributed by atoms with Crippen LogP contribution in [-0.4, -0.2) is 22.1 Å². The predicted molar refractivity (Wildman–Crippen MR) is 75.5 cm³/mol. The molecule has 0 heterocycles. The van der Waals surface area contributed by atoms with Crippen molar-refractivity contribution in [2.45, 2.75) is 6.54 Å². The van der Waals surface area contributed by atoms with Crippen LogP contribution in [-0.2, 0) is 11.3 Å². The first kappa shape index (κ1) is 14.4. The Kier molecular flexibility index (Phi) is 4.40. The Hall–Kier alpha value is -3.02. The molecular weight excluding hydrogens is 272 g/mol. The fourth-order valence-corrected chi connectivity index (χ4v) is 1.83. The Bertz CT molecular complexity index is 653. The number of imide groups is 1. The van der Waals surface area contributed by atoms with E-state index in [-0.39, 0.29) is 17.8 Å². The summed E-state index contributed by atoms with van der Waals surface area (Å²) in [6.45, 7) is 0.153. The third-order valence-electron chi connectivity index (χ3n) is 2.91. The van der Waals surface area contributed by atoms with Crippen LogP contribution in [0.2, 0.25) is 0 Å². The zero-order chi connectivity index (χ0) is 15.2. The summed E-state index contributed by atoms with van der Waals surface area (Å²) in [5.41, 5.74) is 0.941. The standard InChI is InChI=1S/C15H12N2O4/c18-11-16(10-12-4-2-1-3-5-12)15(19)13-6-8-14(9-7-13)17(20)21/h1-9,11H,10H2. The van der Waals surface area contributed by atoms with Gasteiger partial charge in [-0.2, -0.15) is 0 Å². The van der Waals surface area contributed by atoms with E-state index in [1.807, 2.05) is 18.2 Å². The second-order valence-corrected chi connectivity index (χ2v) is 4.33. The Morgan fingerprint density at radius 2 is 1.71 bits per heavy atom. The quantitative estimate of drug-likeness (QED) is 0.479. The Labute approximate surface area is 120 Å². The van der Waals surface area contributed by atoms with Crippen molar-refractivity contribution in [3.8, 4) is 0 Å². The highest BCUT2D eigenvalue weighted by Gasteiger charge is 2.16. The predicted octanol–water partition coefficient (Wildman–Crippen LogP) is 2.39. The van der Waals surface area contributed by atoms with Crippen molar-refractivity contribution in [1.29, 1.82) is 0 Å². The van der Waals surface area contributed by atoms with E-state index in [1.165, 1.54) is 24.3 Å². The molecule has 2 rings (SSSR count). The van der Waals surface area contributed by atoms with Crippen LogP contribution in [0.25, 0.3) is 0 Å². The summed E-state index contributed by atoms with van der Waals surface area (Å²) < 4.78 is 0. The van der Waals surface area contributed by atoms with Gasteiger partial charge in [-0.1, -0.05) is 30.3 Å². The number of nitro benzene ring substituents is 1. The van der Waals surface area contributed by atoms with Crippen LogP contribution in [0.3, 0.4) is 0 Å². The number of carbonyl (C=O) groups excluding carboxylic acids is 2. The van der Waals surface area contributed by atoms with Gasteiger partial charge in [-0.15, -0.1) is 0 Å². The minimum atomic E-state index is -0.546. The van der Waals surface area contributed by atoms with Gasteiger partial charge < -0.3 is 0 Å². The molecule has 0 saturated heterocycles. The highest BCUT2D eigenvalue weighted by molar-refractivity contribution is 5.99. The van der Waals surface area contributed by atoms with Crippen LogP contribution in [0, 0.1) is 10.1 Å². The van der Waals surface area contributed by atoms with Crippen molar-refractivity contribution in [3.63, 3.8) is 0 Å². The molecule has 0 aliphatic rings. The normalized spacial score (nSPS) is 9.90. The first-order valence-electron chi connectivity index (χ1n) is 6.16. The zero-order valence-electron chi connectivity index (χ0n) is 11.0. The topological polar surface area (TPSA) is 80.5 Å². The second-order valence-electron chi connectivity index (χ2n) is 4.33. The van der Waals surface area contributed by atoms with Crippen molar-refractivity contribution < 1.29 is 14.5 Å². The Balaban J connectivity index is 2.16. The van der Waals surface area contributed by atoms with Crippen molar-refractivity contribution in [3.05, 3.63) is 75.8 Å². The minimum Gasteiger partial charge on any atom is -0.278 e. The van der Waals surface area contributed by atoms with Gasteiger partial charge in [-0.05, 0) is 17.7 Å². The smallest absolute Gasteiger partial charge is 0.269 e. The maximum Gasteiger partial charge on any atom is 0.269 e. The van der Waals surface area contributed by atoms with Gasteiger partial charge in [0, 0.05) is 17.7 Å². The highest BCUT2D eigenvalue weighted by atomic mass is 16.6. The van der Waals surface area contributed by atoms with E-state index < -0.39 is 10.8 Å². The van der Waals surface area contributed by atoms with E-state index in [0.29, 0.717) is 6.41 Å². The number of nitrogens with zero attached hydrogens (tertiary/aromatic N) is 2. The molecule has 0 N–H and O–H groups in total. The summed E-state index contributed by atoms with van der Waals surface area (Å²) in [5, 5.41) is 10.6. The number of nitro groups is 1. The van der Waals surface area contributed by atoms with Gasteiger partial charge >= 0.3 is 0 Å².